The van der Waals surface area contributed by atoms with Gasteiger partial charge in [0.1, 0.15) is 0 Å². The summed E-state index contributed by atoms with van der Waals surface area (Å²) in [5.41, 5.74) is 0. The van der Waals surface area contributed by atoms with Crippen molar-refractivity contribution in [2.45, 2.75) is 52.2 Å². The quantitative estimate of drug-likeness (QED) is 0.362. The van der Waals surface area contributed by atoms with Crippen molar-refractivity contribution in [1.29, 1.82) is 0 Å². The summed E-state index contributed by atoms with van der Waals surface area (Å²) < 4.78 is 0. The number of Topliss-reactive ketones (excluding diaryl/α,β-unsaturated/α-hetero) is 1. The van der Waals surface area contributed by atoms with Gasteiger partial charge in [-0.05, 0) is 11.6 Å². The van der Waals surface area contributed by atoms with Gasteiger partial charge >= 0.3 is 0 Å². The highest BCUT2D eigenvalue weighted by Crippen LogP contribution is 2.16. The van der Waals surface area contributed by atoms with Gasteiger partial charge in [-0.25, -0.2) is 0 Å². The first-order valence-corrected chi connectivity index (χ1v) is 8.62. The average Bonchev–Trinajstić information content (AvgIpc) is 2.01. The van der Waals surface area contributed by atoms with Gasteiger partial charge in [-0.1, -0.05) is 46.0 Å². The fraction of sp³-hybridized carbons (Fsp3) is 0.727. The van der Waals surface area contributed by atoms with Gasteiger partial charge in [0, 0.05) is 6.42 Å². The molecule has 2 heteroatoms. The lowest BCUT2D eigenvalue weighted by molar-refractivity contribution is -0.115. The Morgan fingerprint density at radius 1 is 1.23 bits per heavy atom. The Kier molecular flexibility index (Phi) is 5.22. The molecule has 0 unspecified atom stereocenters. The molecule has 0 spiro atoms. The molecule has 0 aromatic heterocycles. The number of unbranched alkanes of at least 4 members (excludes halogenated alkanes) is 2. The van der Waals surface area contributed by atoms with E-state index in [1.54, 1.807) is 0 Å². The Morgan fingerprint density at radius 3 is 2.15 bits per heavy atom. The van der Waals surface area contributed by atoms with Crippen LogP contribution in [0.2, 0.25) is 19.6 Å². The molecule has 76 valence electrons. The van der Waals surface area contributed by atoms with E-state index in [1.807, 2.05) is 0 Å². The molecule has 0 bridgehead atoms. The molecule has 0 rings (SSSR count). The Bertz CT molecular complexity index is 189. The number of carbonyl (C=O) groups excluding carboxylic acids is 1. The molecule has 0 aromatic rings. The maximum atomic E-state index is 11.6. The number of hydrogen-bond acceptors (Lipinski definition) is 1. The number of allylic oxidation sites excluding steroid dienone is 1. The summed E-state index contributed by atoms with van der Waals surface area (Å²) in [5.74, 6) is 0.299. The van der Waals surface area contributed by atoms with Crippen molar-refractivity contribution in [2.75, 3.05) is 0 Å². The maximum Gasteiger partial charge on any atom is 0.154 e. The summed E-state index contributed by atoms with van der Waals surface area (Å²) in [6.07, 6.45) is 4.06. The van der Waals surface area contributed by atoms with Gasteiger partial charge in [0.05, 0.1) is 8.07 Å². The molecule has 0 N–H and O–H groups in total. The van der Waals surface area contributed by atoms with Crippen LogP contribution in [0.5, 0.6) is 0 Å². The Labute approximate surface area is 83.2 Å². The lowest BCUT2D eigenvalue weighted by Gasteiger charge is -2.17. The smallest absolute Gasteiger partial charge is 0.154 e. The van der Waals surface area contributed by atoms with Gasteiger partial charge in [-0.15, -0.1) is 0 Å². The zero-order valence-electron chi connectivity index (χ0n) is 9.44. The molecule has 13 heavy (non-hydrogen) atoms. The van der Waals surface area contributed by atoms with Crippen LogP contribution in [0.25, 0.3) is 0 Å². The van der Waals surface area contributed by atoms with E-state index >= 15 is 0 Å². The van der Waals surface area contributed by atoms with Crippen molar-refractivity contribution in [1.82, 2.24) is 0 Å². The summed E-state index contributed by atoms with van der Waals surface area (Å²) in [7, 11) is -1.43. The predicted octanol–water partition coefficient (Wildman–Crippen LogP) is 3.57. The molecule has 0 saturated heterocycles. The van der Waals surface area contributed by atoms with Crippen LogP contribution >= 0.6 is 0 Å². The van der Waals surface area contributed by atoms with Crippen molar-refractivity contribution in [3.63, 3.8) is 0 Å². The molecule has 0 aliphatic rings. The third kappa shape index (κ3) is 5.04. The van der Waals surface area contributed by atoms with Gasteiger partial charge in [-0.2, -0.15) is 0 Å². The Balaban J connectivity index is 3.92. The third-order valence-electron chi connectivity index (χ3n) is 2.25. The largest absolute Gasteiger partial charge is 0.295 e. The summed E-state index contributed by atoms with van der Waals surface area (Å²) in [4.78, 5) is 11.6. The van der Waals surface area contributed by atoms with Gasteiger partial charge in [0.25, 0.3) is 0 Å². The fourth-order valence-corrected chi connectivity index (χ4v) is 2.07. The van der Waals surface area contributed by atoms with E-state index in [0.29, 0.717) is 12.2 Å². The first-order chi connectivity index (χ1) is 5.89. The van der Waals surface area contributed by atoms with Crippen LogP contribution < -0.4 is 0 Å². The summed E-state index contributed by atoms with van der Waals surface area (Å²) in [6, 6.07) is 0. The molecular formula is C11H22OSi. The number of rotatable bonds is 6. The SMILES string of the molecule is C=C(C(=O)CCCCC)[Si](C)(C)C. The van der Waals surface area contributed by atoms with Gasteiger partial charge in [0.2, 0.25) is 0 Å². The summed E-state index contributed by atoms with van der Waals surface area (Å²) in [6.45, 7) is 12.6. The minimum Gasteiger partial charge on any atom is -0.295 e. The molecule has 0 atom stereocenters. The fourth-order valence-electron chi connectivity index (χ4n) is 1.10. The topological polar surface area (TPSA) is 17.1 Å². The van der Waals surface area contributed by atoms with E-state index in [2.05, 4.69) is 33.1 Å². The maximum absolute atomic E-state index is 11.6. The number of ketones is 1. The minimum absolute atomic E-state index is 0.299. The molecule has 0 aliphatic carbocycles. The minimum atomic E-state index is -1.43. The molecule has 0 heterocycles. The van der Waals surface area contributed by atoms with Crippen molar-refractivity contribution in [2.24, 2.45) is 0 Å². The zero-order chi connectivity index (χ0) is 10.5. The lowest BCUT2D eigenvalue weighted by Crippen LogP contribution is -2.28. The van der Waals surface area contributed by atoms with Crippen LogP contribution in [0, 0.1) is 0 Å². The molecule has 0 fully saturated rings. The van der Waals surface area contributed by atoms with E-state index in [4.69, 9.17) is 0 Å². The molecule has 0 aliphatic heterocycles. The molecule has 0 aromatic carbocycles. The first kappa shape index (κ1) is 12.6. The molecular weight excluding hydrogens is 176 g/mol. The highest BCUT2D eigenvalue weighted by atomic mass is 28.3. The standard InChI is InChI=1S/C11H22OSi/c1-6-7-8-9-11(12)10(2)13(3,4)5/h2,6-9H2,1,3-5H3. The van der Waals surface area contributed by atoms with E-state index in [9.17, 15) is 4.79 Å². The third-order valence-corrected chi connectivity index (χ3v) is 4.34. The zero-order valence-corrected chi connectivity index (χ0v) is 10.4. The van der Waals surface area contributed by atoms with Crippen LogP contribution in [0.3, 0.4) is 0 Å². The molecule has 0 amide bonds. The Morgan fingerprint density at radius 2 is 1.77 bits per heavy atom. The number of hydrogen-bond donors (Lipinski definition) is 0. The number of carbonyl (C=O) groups is 1. The van der Waals surface area contributed by atoms with Crippen LogP contribution in [0.1, 0.15) is 32.6 Å². The van der Waals surface area contributed by atoms with E-state index in [0.717, 1.165) is 18.0 Å². The molecule has 1 nitrogen and oxygen atoms in total. The van der Waals surface area contributed by atoms with Crippen LogP contribution in [0.4, 0.5) is 0 Å². The Hall–Kier alpha value is -0.373. The second-order valence-electron chi connectivity index (χ2n) is 4.61. The van der Waals surface area contributed by atoms with Crippen molar-refractivity contribution in [3.05, 3.63) is 11.8 Å². The monoisotopic (exact) mass is 198 g/mol. The molecule has 0 radical (unpaired) electrons. The van der Waals surface area contributed by atoms with Crippen molar-refractivity contribution >= 4 is 13.9 Å². The lowest BCUT2D eigenvalue weighted by atomic mass is 10.1. The van der Waals surface area contributed by atoms with Crippen LogP contribution in [-0.2, 0) is 4.79 Å². The van der Waals surface area contributed by atoms with Gasteiger partial charge in [0.15, 0.2) is 5.78 Å². The summed E-state index contributed by atoms with van der Waals surface area (Å²) in [5, 5.41) is 0.906. The van der Waals surface area contributed by atoms with Crippen LogP contribution in [0.15, 0.2) is 11.8 Å². The van der Waals surface area contributed by atoms with E-state index < -0.39 is 8.07 Å². The van der Waals surface area contributed by atoms with Crippen molar-refractivity contribution in [3.8, 4) is 0 Å². The summed E-state index contributed by atoms with van der Waals surface area (Å²) >= 11 is 0. The highest BCUT2D eigenvalue weighted by Gasteiger charge is 2.22. The highest BCUT2D eigenvalue weighted by molar-refractivity contribution is 6.87. The second-order valence-corrected chi connectivity index (χ2v) is 9.71. The average molecular weight is 198 g/mol. The van der Waals surface area contributed by atoms with Crippen LogP contribution in [-0.4, -0.2) is 13.9 Å². The van der Waals surface area contributed by atoms with Crippen molar-refractivity contribution < 1.29 is 4.79 Å². The van der Waals surface area contributed by atoms with Gasteiger partial charge in [-0.3, -0.25) is 4.79 Å². The molecule has 0 saturated carbocycles. The normalized spacial score (nSPS) is 11.4. The predicted molar refractivity (Wildman–Crippen MR) is 61.6 cm³/mol. The van der Waals surface area contributed by atoms with E-state index in [-0.39, 0.29) is 0 Å². The van der Waals surface area contributed by atoms with E-state index in [1.165, 1.54) is 6.42 Å². The second kappa shape index (κ2) is 5.38. The van der Waals surface area contributed by atoms with Gasteiger partial charge < -0.3 is 0 Å². The first-order valence-electron chi connectivity index (χ1n) is 5.12.